The Hall–Kier alpha value is -9.15. The lowest BCUT2D eigenvalue weighted by Crippen LogP contribution is -2.71. The number of hydrogen-bond donors (Lipinski definition) is 4. The third-order valence-corrected chi connectivity index (χ3v) is 13.7. The lowest BCUT2D eigenvalue weighted by atomic mass is 10.00. The maximum Gasteiger partial charge on any atom is 0.428 e. The zero-order chi connectivity index (χ0) is 56.4. The molecule has 0 aliphatic carbocycles. The van der Waals surface area contributed by atoms with Crippen molar-refractivity contribution < 1.29 is 71.8 Å². The molecule has 4 atom stereocenters. The monoisotopic (exact) mass is 1090 g/mol. The van der Waals surface area contributed by atoms with Gasteiger partial charge in [-0.05, 0) is 60.7 Å². The van der Waals surface area contributed by atoms with Gasteiger partial charge in [-0.3, -0.25) is 38.6 Å². The van der Waals surface area contributed by atoms with Gasteiger partial charge in [-0.1, -0.05) is 133 Å². The van der Waals surface area contributed by atoms with Crippen LogP contribution in [0.1, 0.15) is 73.8 Å². The van der Waals surface area contributed by atoms with Crippen LogP contribution in [0.15, 0.2) is 157 Å². The van der Waals surface area contributed by atoms with Gasteiger partial charge in [0.25, 0.3) is 5.91 Å². The van der Waals surface area contributed by atoms with Crippen LogP contribution in [0.25, 0.3) is 0 Å². The summed E-state index contributed by atoms with van der Waals surface area (Å²) in [6.07, 6.45) is -0.647. The summed E-state index contributed by atoms with van der Waals surface area (Å²) in [6, 6.07) is 37.2. The molecule has 0 aromatic heterocycles. The summed E-state index contributed by atoms with van der Waals surface area (Å²) in [5.41, 5.74) is 1.71. The molecule has 5 N–H and O–H groups in total. The fourth-order valence-corrected chi connectivity index (χ4v) is 9.80. The van der Waals surface area contributed by atoms with Gasteiger partial charge in [0, 0.05) is 18.2 Å². The van der Waals surface area contributed by atoms with Crippen LogP contribution in [0.5, 0.6) is 0 Å². The van der Waals surface area contributed by atoms with Crippen LogP contribution in [0.4, 0.5) is 15.3 Å². The van der Waals surface area contributed by atoms with Gasteiger partial charge in [0.1, 0.15) is 48.5 Å². The smallest absolute Gasteiger partial charge is 0.428 e. The van der Waals surface area contributed by atoms with Crippen LogP contribution in [0.3, 0.4) is 0 Å². The minimum atomic E-state index is -1.75. The summed E-state index contributed by atoms with van der Waals surface area (Å²) in [6.45, 7) is 4.44. The van der Waals surface area contributed by atoms with Gasteiger partial charge in [-0.15, -0.1) is 11.8 Å². The highest BCUT2D eigenvalue weighted by Crippen LogP contribution is 2.42. The number of amides is 6. The van der Waals surface area contributed by atoms with Crippen LogP contribution >= 0.6 is 11.8 Å². The number of ether oxygens (including phenoxy) is 5. The topological polar surface area (TPSA) is 274 Å². The molecule has 79 heavy (non-hydrogen) atoms. The summed E-state index contributed by atoms with van der Waals surface area (Å²) >= 11 is 1.19. The zero-order valence-corrected chi connectivity index (χ0v) is 44.0. The predicted octanol–water partition coefficient (Wildman–Crippen LogP) is 3.92. The van der Waals surface area contributed by atoms with Crippen LogP contribution < -0.4 is 26.5 Å². The molecule has 3 aliphatic heterocycles. The Balaban J connectivity index is 0.987. The van der Waals surface area contributed by atoms with Crippen LogP contribution in [-0.2, 0) is 57.2 Å². The fraction of sp³-hybridized carbons (Fsp3) is 0.263. The number of nitrogens with one attached hydrogen (secondary N) is 3. The van der Waals surface area contributed by atoms with E-state index >= 15 is 0 Å². The van der Waals surface area contributed by atoms with Crippen molar-refractivity contribution >= 4 is 77.5 Å². The van der Waals surface area contributed by atoms with Gasteiger partial charge in [-0.2, -0.15) is 0 Å². The summed E-state index contributed by atoms with van der Waals surface area (Å²) < 4.78 is 28.4. The summed E-state index contributed by atoms with van der Waals surface area (Å²) in [4.78, 5) is 126. The summed E-state index contributed by atoms with van der Waals surface area (Å²) in [5.74, 6) is -1.15. The quantitative estimate of drug-likeness (QED) is 0.0142. The van der Waals surface area contributed by atoms with Crippen molar-refractivity contribution in [3.8, 4) is 0 Å². The molecule has 1 saturated heterocycles. The largest absolute Gasteiger partial charge is 0.461 e. The molecule has 3 heterocycles. The fourth-order valence-electron chi connectivity index (χ4n) is 8.48. The van der Waals surface area contributed by atoms with Gasteiger partial charge < -0.3 is 44.1 Å². The van der Waals surface area contributed by atoms with Crippen molar-refractivity contribution in [3.05, 3.63) is 185 Å². The first-order valence-electron chi connectivity index (χ1n) is 24.8. The number of thioether (sulfide) groups is 1. The number of nitrogens with two attached hydrogens (primary N) is 1. The molecule has 3 aliphatic rings. The van der Waals surface area contributed by atoms with E-state index in [2.05, 4.69) is 22.0 Å². The van der Waals surface area contributed by atoms with E-state index in [1.807, 2.05) is 12.1 Å². The molecule has 0 spiro atoms. The van der Waals surface area contributed by atoms with Gasteiger partial charge in [0.15, 0.2) is 18.1 Å². The number of esters is 4. The number of hydrogen-bond acceptors (Lipinski definition) is 16. The number of anilines is 1. The molecule has 6 amide bonds. The molecular formula is C57H55N7O14S. The van der Waals surface area contributed by atoms with E-state index in [1.54, 1.807) is 130 Å². The maximum absolute atomic E-state index is 14.4. The number of carbonyl (C=O) groups excluding carboxylic acids is 9. The van der Waals surface area contributed by atoms with E-state index in [-0.39, 0.29) is 29.3 Å². The number of carbonyl (C=O) groups is 9. The van der Waals surface area contributed by atoms with Crippen molar-refractivity contribution in [2.45, 2.75) is 63.0 Å². The molecule has 0 bridgehead atoms. The number of benzene rings is 5. The van der Waals surface area contributed by atoms with E-state index in [0.29, 0.717) is 32.8 Å². The Morgan fingerprint density at radius 3 is 1.76 bits per heavy atom. The standard InChI is InChI=1S/C57H55N7O14S/c1-34(65)74-30-40-32-79-51-45(50(68)63(51)46(40)54(71)77-48(38-21-13-7-14-22-38)39-23-15-8-16-24-39)60-49(67)44(61-55(72)62-29-43(66)59-33-62)35-25-27-41(28-26-35)64(58)56(73)75-31-42(53(70)78-57(2,3)4)52(69)76-47(36-17-9-5-10-18-36)37-19-11-6-12-20-37/h5-28,42,44-45,47-48,51,59H,29-32,58H2,1-4H3,(H,60,67)(H,61,72)/t42-,44+,45-,51-/m1/s1. The maximum atomic E-state index is 14.4. The summed E-state index contributed by atoms with van der Waals surface area (Å²) in [5, 5.41) is 4.97. The Morgan fingerprint density at radius 1 is 0.734 bits per heavy atom. The SMILES string of the molecule is CC(=O)OCC1=C(C(=O)OC(c2ccccc2)c2ccccc2)N2C(=O)[C@@H](NC(=O)[C@@H](NC(=O)N3[C-]=[NH+]C(=O)C3)c3ccc(N(N)C(=O)OC[C@H](C(=O)OC(c4ccccc4)c4ccccc4)C(=O)OC(C)(C)C)cc3)[C@H]2SC1. The molecule has 22 heteroatoms. The van der Waals surface area contributed by atoms with E-state index in [0.717, 1.165) is 4.90 Å². The van der Waals surface area contributed by atoms with E-state index in [9.17, 15) is 43.2 Å². The third-order valence-electron chi connectivity index (χ3n) is 12.3. The number of fused-ring (bicyclic) bond motifs is 1. The summed E-state index contributed by atoms with van der Waals surface area (Å²) in [7, 11) is 0. The molecular weight excluding hydrogens is 1040 g/mol. The van der Waals surface area contributed by atoms with Crippen LogP contribution in [0, 0.1) is 5.92 Å². The average Bonchev–Trinajstić information content (AvgIpc) is 3.98. The van der Waals surface area contributed by atoms with Crippen molar-refractivity contribution in [2.75, 3.05) is 30.5 Å². The number of nitrogens with zero attached hydrogens (tertiary/aromatic N) is 3. The molecule has 1 fully saturated rings. The van der Waals surface area contributed by atoms with Crippen molar-refractivity contribution in [3.63, 3.8) is 0 Å². The number of β-lactam (4-membered cyclic amide) rings is 1. The highest BCUT2D eigenvalue weighted by Gasteiger charge is 2.55. The number of hydrazine groups is 1. The van der Waals surface area contributed by atoms with Gasteiger partial charge >= 0.3 is 36.0 Å². The molecule has 408 valence electrons. The minimum absolute atomic E-state index is 0.0131. The first-order chi connectivity index (χ1) is 37.9. The molecule has 0 saturated carbocycles. The third kappa shape index (κ3) is 13.7. The number of urea groups is 1. The Labute approximate surface area is 458 Å². The second-order valence-corrected chi connectivity index (χ2v) is 20.2. The lowest BCUT2D eigenvalue weighted by Gasteiger charge is -2.50. The van der Waals surface area contributed by atoms with Crippen molar-refractivity contribution in [2.24, 2.45) is 11.8 Å². The average molecular weight is 1090 g/mol. The van der Waals surface area contributed by atoms with Gasteiger partial charge in [0.05, 0.1) is 5.69 Å². The Morgan fingerprint density at radius 2 is 1.27 bits per heavy atom. The molecule has 0 radical (unpaired) electrons. The zero-order valence-electron chi connectivity index (χ0n) is 43.2. The number of rotatable bonds is 18. The highest BCUT2D eigenvalue weighted by molar-refractivity contribution is 8.00. The Bertz CT molecular complexity index is 3080. The van der Waals surface area contributed by atoms with Crippen molar-refractivity contribution in [1.29, 1.82) is 0 Å². The van der Waals surface area contributed by atoms with E-state index < -0.39 is 108 Å². The van der Waals surface area contributed by atoms with Gasteiger partial charge in [0.2, 0.25) is 18.2 Å². The van der Waals surface area contributed by atoms with Crippen LogP contribution in [-0.4, -0.2) is 112 Å². The molecule has 0 unspecified atom stereocenters. The first kappa shape index (κ1) is 56.1. The molecule has 5 aromatic carbocycles. The highest BCUT2D eigenvalue weighted by atomic mass is 32.2. The molecule has 21 nitrogen and oxygen atoms in total. The lowest BCUT2D eigenvalue weighted by molar-refractivity contribution is -0.365. The Kier molecular flexibility index (Phi) is 17.7. The second kappa shape index (κ2) is 24.9. The molecule has 8 rings (SSSR count). The second-order valence-electron chi connectivity index (χ2n) is 19.1. The van der Waals surface area contributed by atoms with Crippen LogP contribution in [0.2, 0.25) is 0 Å². The normalized spacial score (nSPS) is 16.5. The minimum Gasteiger partial charge on any atom is -0.461 e. The van der Waals surface area contributed by atoms with Crippen molar-refractivity contribution in [1.82, 2.24) is 20.4 Å². The van der Waals surface area contributed by atoms with E-state index in [4.69, 9.17) is 29.5 Å². The first-order valence-corrected chi connectivity index (χ1v) is 25.8. The molecule has 5 aromatic rings. The predicted molar refractivity (Wildman–Crippen MR) is 283 cm³/mol. The van der Waals surface area contributed by atoms with Gasteiger partial charge in [-0.25, -0.2) is 20.4 Å². The van der Waals surface area contributed by atoms with E-state index in [1.165, 1.54) is 47.9 Å².